The summed E-state index contributed by atoms with van der Waals surface area (Å²) in [5.74, 6) is 0. The topological polar surface area (TPSA) is 29.3 Å². The maximum Gasteiger partial charge on any atom is 0.0435 e. The molecule has 2 aromatic carbocycles. The van der Waals surface area contributed by atoms with Crippen molar-refractivity contribution >= 4 is 5.69 Å². The molecule has 2 aromatic rings. The van der Waals surface area contributed by atoms with Gasteiger partial charge < -0.3 is 10.6 Å². The van der Waals surface area contributed by atoms with Crippen LogP contribution in [0.15, 0.2) is 42.5 Å². The van der Waals surface area contributed by atoms with Gasteiger partial charge in [0.15, 0.2) is 0 Å². The van der Waals surface area contributed by atoms with Gasteiger partial charge in [-0.15, -0.1) is 0 Å². The number of hydrogen-bond acceptors (Lipinski definition) is 2. The van der Waals surface area contributed by atoms with Gasteiger partial charge in [0, 0.05) is 24.8 Å². The quantitative estimate of drug-likeness (QED) is 0.899. The predicted octanol–water partition coefficient (Wildman–Crippen LogP) is 3.93. The van der Waals surface area contributed by atoms with Crippen LogP contribution in [0.2, 0.25) is 0 Å². The molecule has 2 heteroatoms. The van der Waals surface area contributed by atoms with E-state index < -0.39 is 0 Å². The molecule has 0 aliphatic heterocycles. The molecule has 0 bridgehead atoms. The fourth-order valence-electron chi connectivity index (χ4n) is 2.80. The summed E-state index contributed by atoms with van der Waals surface area (Å²) in [5.41, 5.74) is 12.4. The molecule has 0 amide bonds. The number of benzene rings is 2. The number of anilines is 1. The van der Waals surface area contributed by atoms with Crippen LogP contribution in [0, 0.1) is 13.8 Å². The van der Waals surface area contributed by atoms with Gasteiger partial charge in [0.1, 0.15) is 0 Å². The van der Waals surface area contributed by atoms with Crippen LogP contribution in [0.25, 0.3) is 0 Å². The molecule has 1 aliphatic rings. The minimum absolute atomic E-state index is 0.612. The number of nitrogens with zero attached hydrogens (tertiary/aromatic N) is 1. The monoisotopic (exact) mass is 280 g/mol. The molecule has 21 heavy (non-hydrogen) atoms. The van der Waals surface area contributed by atoms with Crippen molar-refractivity contribution in [1.82, 2.24) is 0 Å². The SMILES string of the molecule is Cc1ccc(C)c(CN(c2ccc(CN)cc2)C2CC2)c1. The van der Waals surface area contributed by atoms with Crippen LogP contribution in [0.4, 0.5) is 5.69 Å². The van der Waals surface area contributed by atoms with E-state index in [0.717, 1.165) is 6.54 Å². The van der Waals surface area contributed by atoms with Crippen LogP contribution < -0.4 is 10.6 Å². The zero-order chi connectivity index (χ0) is 14.8. The zero-order valence-electron chi connectivity index (χ0n) is 13.0. The van der Waals surface area contributed by atoms with E-state index in [1.807, 2.05) is 0 Å². The van der Waals surface area contributed by atoms with Crippen LogP contribution in [-0.2, 0) is 13.1 Å². The molecule has 1 aliphatic carbocycles. The molecular formula is C19H24N2. The smallest absolute Gasteiger partial charge is 0.0435 e. The van der Waals surface area contributed by atoms with Crippen LogP contribution in [0.5, 0.6) is 0 Å². The van der Waals surface area contributed by atoms with Gasteiger partial charge in [-0.25, -0.2) is 0 Å². The lowest BCUT2D eigenvalue weighted by Crippen LogP contribution is -2.25. The van der Waals surface area contributed by atoms with Gasteiger partial charge in [-0.2, -0.15) is 0 Å². The lowest BCUT2D eigenvalue weighted by Gasteiger charge is -2.26. The lowest BCUT2D eigenvalue weighted by atomic mass is 10.0. The Kier molecular flexibility index (Phi) is 3.98. The van der Waals surface area contributed by atoms with Crippen molar-refractivity contribution in [3.05, 3.63) is 64.7 Å². The maximum absolute atomic E-state index is 5.69. The Morgan fingerprint density at radius 1 is 1.05 bits per heavy atom. The average Bonchev–Trinajstić information content (AvgIpc) is 3.33. The Balaban J connectivity index is 1.86. The summed E-state index contributed by atoms with van der Waals surface area (Å²) < 4.78 is 0. The van der Waals surface area contributed by atoms with E-state index in [1.165, 1.54) is 40.8 Å². The van der Waals surface area contributed by atoms with E-state index >= 15 is 0 Å². The lowest BCUT2D eigenvalue weighted by molar-refractivity contribution is 0.789. The normalized spacial score (nSPS) is 14.2. The summed E-state index contributed by atoms with van der Waals surface area (Å²) in [5, 5.41) is 0. The predicted molar refractivity (Wildman–Crippen MR) is 89.5 cm³/mol. The third-order valence-corrected chi connectivity index (χ3v) is 4.34. The summed E-state index contributed by atoms with van der Waals surface area (Å²) in [6, 6.07) is 16.2. The van der Waals surface area contributed by atoms with E-state index in [2.05, 4.69) is 61.2 Å². The molecule has 110 valence electrons. The molecule has 0 unspecified atom stereocenters. The highest BCUT2D eigenvalue weighted by Gasteiger charge is 2.29. The van der Waals surface area contributed by atoms with Crippen molar-refractivity contribution in [2.24, 2.45) is 5.73 Å². The highest BCUT2D eigenvalue weighted by atomic mass is 15.2. The van der Waals surface area contributed by atoms with Gasteiger partial charge in [0.2, 0.25) is 0 Å². The van der Waals surface area contributed by atoms with Crippen molar-refractivity contribution in [3.8, 4) is 0 Å². The van der Waals surface area contributed by atoms with Crippen molar-refractivity contribution < 1.29 is 0 Å². The van der Waals surface area contributed by atoms with Gasteiger partial charge in [-0.1, -0.05) is 35.9 Å². The van der Waals surface area contributed by atoms with E-state index in [-0.39, 0.29) is 0 Å². The number of nitrogens with two attached hydrogens (primary N) is 1. The third kappa shape index (κ3) is 3.27. The largest absolute Gasteiger partial charge is 0.364 e. The molecule has 0 radical (unpaired) electrons. The molecule has 0 spiro atoms. The minimum atomic E-state index is 0.612. The second kappa shape index (κ2) is 5.90. The third-order valence-electron chi connectivity index (χ3n) is 4.34. The molecule has 1 saturated carbocycles. The van der Waals surface area contributed by atoms with Crippen molar-refractivity contribution in [1.29, 1.82) is 0 Å². The Morgan fingerprint density at radius 2 is 1.76 bits per heavy atom. The molecule has 2 N–H and O–H groups in total. The van der Waals surface area contributed by atoms with Crippen molar-refractivity contribution in [3.63, 3.8) is 0 Å². The minimum Gasteiger partial charge on any atom is -0.364 e. The molecule has 0 heterocycles. The van der Waals surface area contributed by atoms with Crippen LogP contribution in [0.3, 0.4) is 0 Å². The number of hydrogen-bond donors (Lipinski definition) is 1. The summed E-state index contributed by atoms with van der Waals surface area (Å²) in [6.07, 6.45) is 2.62. The highest BCUT2D eigenvalue weighted by molar-refractivity contribution is 5.51. The summed E-state index contributed by atoms with van der Waals surface area (Å²) in [6.45, 7) is 5.98. The Labute approximate surface area is 127 Å². The Bertz CT molecular complexity index is 612. The molecule has 2 nitrogen and oxygen atoms in total. The molecule has 3 rings (SSSR count). The highest BCUT2D eigenvalue weighted by Crippen LogP contribution is 2.33. The van der Waals surface area contributed by atoms with Gasteiger partial charge >= 0.3 is 0 Å². The molecule has 0 saturated heterocycles. The first kappa shape index (κ1) is 14.2. The van der Waals surface area contributed by atoms with Gasteiger partial charge in [0.25, 0.3) is 0 Å². The summed E-state index contributed by atoms with van der Waals surface area (Å²) in [7, 11) is 0. The van der Waals surface area contributed by atoms with Crippen molar-refractivity contribution in [2.45, 2.75) is 45.8 Å². The Hall–Kier alpha value is -1.80. The summed E-state index contributed by atoms with van der Waals surface area (Å²) in [4.78, 5) is 2.54. The van der Waals surface area contributed by atoms with Crippen LogP contribution in [0.1, 0.15) is 35.1 Å². The number of aryl methyl sites for hydroxylation is 2. The second-order valence-electron chi connectivity index (χ2n) is 6.16. The maximum atomic E-state index is 5.69. The van der Waals surface area contributed by atoms with E-state index in [1.54, 1.807) is 0 Å². The average molecular weight is 280 g/mol. The first-order valence-electron chi connectivity index (χ1n) is 7.79. The van der Waals surface area contributed by atoms with Crippen molar-refractivity contribution in [2.75, 3.05) is 4.90 Å². The fourth-order valence-corrected chi connectivity index (χ4v) is 2.80. The first-order valence-corrected chi connectivity index (χ1v) is 7.79. The van der Waals surface area contributed by atoms with E-state index in [0.29, 0.717) is 12.6 Å². The standard InChI is InChI=1S/C19H24N2/c1-14-3-4-15(2)17(11-14)13-21(19-9-10-19)18-7-5-16(12-20)6-8-18/h3-8,11,19H,9-10,12-13,20H2,1-2H3. The molecular weight excluding hydrogens is 256 g/mol. The second-order valence-corrected chi connectivity index (χ2v) is 6.16. The summed E-state index contributed by atoms with van der Waals surface area (Å²) >= 11 is 0. The molecule has 1 fully saturated rings. The van der Waals surface area contributed by atoms with Crippen LogP contribution >= 0.6 is 0 Å². The molecule has 0 atom stereocenters. The fraction of sp³-hybridized carbons (Fsp3) is 0.368. The van der Waals surface area contributed by atoms with E-state index in [4.69, 9.17) is 5.73 Å². The van der Waals surface area contributed by atoms with E-state index in [9.17, 15) is 0 Å². The van der Waals surface area contributed by atoms with Gasteiger partial charge in [0.05, 0.1) is 0 Å². The zero-order valence-corrected chi connectivity index (χ0v) is 13.0. The number of rotatable bonds is 5. The Morgan fingerprint density at radius 3 is 2.38 bits per heavy atom. The molecule has 0 aromatic heterocycles. The first-order chi connectivity index (χ1) is 10.2. The van der Waals surface area contributed by atoms with Gasteiger partial charge in [-0.3, -0.25) is 0 Å². The van der Waals surface area contributed by atoms with Gasteiger partial charge in [-0.05, 0) is 55.5 Å². The van der Waals surface area contributed by atoms with Crippen LogP contribution in [-0.4, -0.2) is 6.04 Å².